The fraction of sp³-hybridized carbons (Fsp3) is 0.103. The molecule has 5 rings (SSSR count). The van der Waals surface area contributed by atoms with Crippen LogP contribution in [0, 0.1) is 13.8 Å². The van der Waals surface area contributed by atoms with Gasteiger partial charge in [-0.2, -0.15) is 0 Å². The van der Waals surface area contributed by atoms with Gasteiger partial charge in [0.25, 0.3) is 11.7 Å². The first-order chi connectivity index (χ1) is 16.3. The number of ketones is 1. The Kier molecular flexibility index (Phi) is 5.17. The van der Waals surface area contributed by atoms with Gasteiger partial charge in [0.2, 0.25) is 0 Å². The molecule has 1 fully saturated rings. The number of aliphatic hydroxyl groups excluding tert-OH is 1. The van der Waals surface area contributed by atoms with Crippen molar-refractivity contribution < 1.29 is 19.8 Å². The number of phenolic OH excluding ortho intramolecular Hbond substituents is 1. The van der Waals surface area contributed by atoms with Gasteiger partial charge in [-0.1, -0.05) is 66.2 Å². The van der Waals surface area contributed by atoms with Crippen LogP contribution in [0.3, 0.4) is 0 Å². The maximum atomic E-state index is 13.3. The molecule has 1 aliphatic rings. The zero-order chi connectivity index (χ0) is 24.0. The Hall–Kier alpha value is -4.38. The number of anilines is 1. The van der Waals surface area contributed by atoms with Crippen LogP contribution in [0.1, 0.15) is 28.3 Å². The molecule has 34 heavy (non-hydrogen) atoms. The lowest BCUT2D eigenvalue weighted by molar-refractivity contribution is -0.132. The Morgan fingerprint density at radius 2 is 1.53 bits per heavy atom. The number of Topliss-reactive ketones (excluding diaryl/α,β-unsaturated/α-hetero) is 1. The molecule has 0 aliphatic carbocycles. The number of carbonyl (C=O) groups is 2. The summed E-state index contributed by atoms with van der Waals surface area (Å²) < 4.78 is 0. The summed E-state index contributed by atoms with van der Waals surface area (Å²) in [4.78, 5) is 28.1. The first-order valence-corrected chi connectivity index (χ1v) is 11.0. The number of phenols is 1. The molecular formula is C29H23NO4. The van der Waals surface area contributed by atoms with E-state index in [9.17, 15) is 19.8 Å². The Morgan fingerprint density at radius 3 is 2.24 bits per heavy atom. The quantitative estimate of drug-likeness (QED) is 0.236. The highest BCUT2D eigenvalue weighted by atomic mass is 16.3. The molecule has 1 amide bonds. The average Bonchev–Trinajstić information content (AvgIpc) is 3.09. The monoisotopic (exact) mass is 449 g/mol. The summed E-state index contributed by atoms with van der Waals surface area (Å²) in [5.41, 5.74) is 3.57. The van der Waals surface area contributed by atoms with Crippen molar-refractivity contribution in [3.63, 3.8) is 0 Å². The number of rotatable bonds is 3. The number of aromatic hydroxyl groups is 1. The van der Waals surface area contributed by atoms with Gasteiger partial charge in [-0.25, -0.2) is 0 Å². The van der Waals surface area contributed by atoms with E-state index in [1.807, 2.05) is 68.4 Å². The molecule has 1 unspecified atom stereocenters. The van der Waals surface area contributed by atoms with Crippen LogP contribution < -0.4 is 4.90 Å². The minimum absolute atomic E-state index is 0.0194. The van der Waals surface area contributed by atoms with Crippen molar-refractivity contribution in [1.82, 2.24) is 0 Å². The third kappa shape index (κ3) is 3.52. The predicted molar refractivity (Wildman–Crippen MR) is 133 cm³/mol. The second-order valence-corrected chi connectivity index (χ2v) is 8.61. The van der Waals surface area contributed by atoms with E-state index < -0.39 is 17.7 Å². The number of aryl methyl sites for hydroxylation is 2. The van der Waals surface area contributed by atoms with Crippen LogP contribution >= 0.6 is 0 Å². The number of carbonyl (C=O) groups excluding carboxylic acids is 2. The predicted octanol–water partition coefficient (Wildman–Crippen LogP) is 5.79. The summed E-state index contributed by atoms with van der Waals surface area (Å²) in [7, 11) is 0. The minimum atomic E-state index is -0.839. The van der Waals surface area contributed by atoms with Crippen molar-refractivity contribution in [3.05, 3.63) is 113 Å². The van der Waals surface area contributed by atoms with Gasteiger partial charge < -0.3 is 10.2 Å². The SMILES string of the molecule is Cc1ccc(N2C(=O)C(=O)/C(=C(\O)c3ccc4ccccc4c3)C2c2ccc(O)cc2)c(C)c1. The normalized spacial score (nSPS) is 17.5. The molecule has 5 nitrogen and oxygen atoms in total. The molecule has 1 heterocycles. The van der Waals surface area contributed by atoms with Crippen molar-refractivity contribution in [3.8, 4) is 5.75 Å². The van der Waals surface area contributed by atoms with E-state index in [0.717, 1.165) is 21.9 Å². The zero-order valence-corrected chi connectivity index (χ0v) is 18.8. The molecule has 4 aromatic rings. The van der Waals surface area contributed by atoms with Gasteiger partial charge in [0.1, 0.15) is 11.5 Å². The Bertz CT molecular complexity index is 1480. The van der Waals surface area contributed by atoms with Crippen LogP contribution in [0.25, 0.3) is 16.5 Å². The lowest BCUT2D eigenvalue weighted by Crippen LogP contribution is -2.30. The second kappa shape index (κ2) is 8.19. The van der Waals surface area contributed by atoms with Crippen molar-refractivity contribution in [2.45, 2.75) is 19.9 Å². The van der Waals surface area contributed by atoms with Crippen molar-refractivity contribution in [2.24, 2.45) is 0 Å². The van der Waals surface area contributed by atoms with Gasteiger partial charge in [0, 0.05) is 11.3 Å². The highest BCUT2D eigenvalue weighted by Crippen LogP contribution is 2.43. The molecule has 0 radical (unpaired) electrons. The summed E-state index contributed by atoms with van der Waals surface area (Å²) in [5, 5.41) is 23.1. The zero-order valence-electron chi connectivity index (χ0n) is 18.8. The van der Waals surface area contributed by atoms with E-state index >= 15 is 0 Å². The van der Waals surface area contributed by atoms with E-state index in [0.29, 0.717) is 16.8 Å². The number of aliphatic hydroxyl groups is 1. The fourth-order valence-electron chi connectivity index (χ4n) is 4.62. The highest BCUT2D eigenvalue weighted by molar-refractivity contribution is 6.51. The molecule has 4 aromatic carbocycles. The van der Waals surface area contributed by atoms with E-state index in [-0.39, 0.29) is 17.1 Å². The maximum absolute atomic E-state index is 13.3. The Morgan fingerprint density at radius 1 is 0.824 bits per heavy atom. The van der Waals surface area contributed by atoms with Crippen LogP contribution in [0.5, 0.6) is 5.75 Å². The lowest BCUT2D eigenvalue weighted by atomic mass is 9.94. The first-order valence-electron chi connectivity index (χ1n) is 11.0. The molecule has 1 aliphatic heterocycles. The number of fused-ring (bicyclic) bond motifs is 1. The largest absolute Gasteiger partial charge is 0.508 e. The van der Waals surface area contributed by atoms with Crippen LogP contribution in [0.2, 0.25) is 0 Å². The maximum Gasteiger partial charge on any atom is 0.300 e. The van der Waals surface area contributed by atoms with Crippen LogP contribution in [0.4, 0.5) is 5.69 Å². The van der Waals surface area contributed by atoms with Crippen LogP contribution in [0.15, 0.2) is 90.5 Å². The molecule has 0 saturated carbocycles. The topological polar surface area (TPSA) is 77.8 Å². The average molecular weight is 450 g/mol. The second-order valence-electron chi connectivity index (χ2n) is 8.61. The van der Waals surface area contributed by atoms with E-state index in [1.54, 1.807) is 18.2 Å². The van der Waals surface area contributed by atoms with Gasteiger partial charge in [0.15, 0.2) is 0 Å². The van der Waals surface area contributed by atoms with E-state index in [2.05, 4.69) is 0 Å². The molecule has 2 N–H and O–H groups in total. The number of nitrogens with zero attached hydrogens (tertiary/aromatic N) is 1. The number of hydrogen-bond donors (Lipinski definition) is 2. The summed E-state index contributed by atoms with van der Waals surface area (Å²) in [6.07, 6.45) is 0. The molecule has 0 bridgehead atoms. The van der Waals surface area contributed by atoms with Crippen LogP contribution in [-0.4, -0.2) is 21.9 Å². The molecule has 0 aromatic heterocycles. The lowest BCUT2D eigenvalue weighted by Gasteiger charge is -2.27. The summed E-state index contributed by atoms with van der Waals surface area (Å²) >= 11 is 0. The molecule has 1 saturated heterocycles. The van der Waals surface area contributed by atoms with Crippen molar-refractivity contribution >= 4 is 33.9 Å². The van der Waals surface area contributed by atoms with E-state index in [4.69, 9.17) is 0 Å². The summed E-state index contributed by atoms with van der Waals surface area (Å²) in [6.45, 7) is 3.85. The number of hydrogen-bond acceptors (Lipinski definition) is 4. The summed E-state index contributed by atoms with van der Waals surface area (Å²) in [5.74, 6) is -1.60. The molecule has 1 atom stereocenters. The summed E-state index contributed by atoms with van der Waals surface area (Å²) in [6, 6.07) is 24.3. The van der Waals surface area contributed by atoms with Gasteiger partial charge in [-0.15, -0.1) is 0 Å². The number of amides is 1. The third-order valence-electron chi connectivity index (χ3n) is 6.29. The van der Waals surface area contributed by atoms with Gasteiger partial charge in [-0.05, 0) is 60.0 Å². The third-order valence-corrected chi connectivity index (χ3v) is 6.29. The van der Waals surface area contributed by atoms with Crippen molar-refractivity contribution in [2.75, 3.05) is 4.90 Å². The molecule has 168 valence electrons. The van der Waals surface area contributed by atoms with Crippen LogP contribution in [-0.2, 0) is 9.59 Å². The van der Waals surface area contributed by atoms with Gasteiger partial charge in [-0.3, -0.25) is 14.5 Å². The smallest absolute Gasteiger partial charge is 0.300 e. The van der Waals surface area contributed by atoms with Crippen molar-refractivity contribution in [1.29, 1.82) is 0 Å². The van der Waals surface area contributed by atoms with Gasteiger partial charge in [0.05, 0.1) is 11.6 Å². The molecular weight excluding hydrogens is 426 g/mol. The fourth-order valence-corrected chi connectivity index (χ4v) is 4.62. The standard InChI is InChI=1S/C29H23NO4/c1-17-7-14-24(18(2)15-17)30-26(20-10-12-23(31)13-11-20)25(28(33)29(30)34)27(32)22-9-8-19-5-3-4-6-21(19)16-22/h3-16,26,31-32H,1-2H3/b27-25-. The molecule has 0 spiro atoms. The Labute approximate surface area is 197 Å². The van der Waals surface area contributed by atoms with E-state index in [1.165, 1.54) is 17.0 Å². The van der Waals surface area contributed by atoms with Gasteiger partial charge >= 0.3 is 0 Å². The first kappa shape index (κ1) is 21.5. The Balaban J connectivity index is 1.74. The molecule has 5 heteroatoms. The minimum Gasteiger partial charge on any atom is -0.508 e. The number of benzene rings is 4. The highest BCUT2D eigenvalue weighted by Gasteiger charge is 2.47.